The molecule has 0 radical (unpaired) electrons. The Hall–Kier alpha value is -1.86. The van der Waals surface area contributed by atoms with E-state index < -0.39 is 0 Å². The molecule has 1 atom stereocenters. The number of rotatable bonds is 3. The van der Waals surface area contributed by atoms with Crippen LogP contribution in [0.15, 0.2) is 18.2 Å². The third kappa shape index (κ3) is 3.96. The summed E-state index contributed by atoms with van der Waals surface area (Å²) < 4.78 is 0. The Balaban J connectivity index is 1.62. The van der Waals surface area contributed by atoms with E-state index in [1.807, 2.05) is 13.0 Å². The Bertz CT molecular complexity index is 735. The van der Waals surface area contributed by atoms with Crippen LogP contribution in [0, 0.1) is 6.92 Å². The van der Waals surface area contributed by atoms with Crippen molar-refractivity contribution in [1.29, 1.82) is 0 Å². The fourth-order valence-electron chi connectivity index (χ4n) is 2.74. The van der Waals surface area contributed by atoms with Crippen molar-refractivity contribution in [2.75, 3.05) is 22.1 Å². The Labute approximate surface area is 150 Å². The summed E-state index contributed by atoms with van der Waals surface area (Å²) in [6.45, 7) is 5.13. The molecule has 1 saturated heterocycles. The van der Waals surface area contributed by atoms with Crippen LogP contribution >= 0.6 is 22.9 Å². The number of carbonyl (C=O) groups excluding carboxylic acids is 1. The number of nitrogens with zero attached hydrogens (tertiary/aromatic N) is 3. The van der Waals surface area contributed by atoms with Crippen LogP contribution in [0.3, 0.4) is 0 Å². The Morgan fingerprint density at radius 1 is 1.33 bits per heavy atom. The van der Waals surface area contributed by atoms with Crippen LogP contribution in [0.25, 0.3) is 0 Å². The summed E-state index contributed by atoms with van der Waals surface area (Å²) in [7, 11) is 0. The van der Waals surface area contributed by atoms with Gasteiger partial charge in [0.2, 0.25) is 10.3 Å². The van der Waals surface area contributed by atoms with E-state index in [2.05, 4.69) is 32.7 Å². The van der Waals surface area contributed by atoms with E-state index in [1.54, 1.807) is 12.1 Å². The number of piperidine rings is 1. The number of amides is 2. The summed E-state index contributed by atoms with van der Waals surface area (Å²) in [6.07, 6.45) is 3.58. The molecule has 2 N–H and O–H groups in total. The van der Waals surface area contributed by atoms with Gasteiger partial charge in [-0.3, -0.25) is 5.32 Å². The largest absolute Gasteiger partial charge is 0.344 e. The molecule has 1 aliphatic heterocycles. The molecule has 3 rings (SSSR count). The number of aromatic nitrogens is 2. The predicted octanol–water partition coefficient (Wildman–Crippen LogP) is 4.52. The molecule has 0 bridgehead atoms. The van der Waals surface area contributed by atoms with Gasteiger partial charge < -0.3 is 10.2 Å². The molecule has 2 aromatic rings. The van der Waals surface area contributed by atoms with Crippen molar-refractivity contribution >= 4 is 44.9 Å². The molecular weight excluding hydrogens is 346 g/mol. The SMILES string of the molecule is Cc1ccc(NC(=O)Nc2nnc(N3CCCC[C@H]3C)s2)c(Cl)c1. The Morgan fingerprint density at radius 3 is 2.92 bits per heavy atom. The van der Waals surface area contributed by atoms with Crippen LogP contribution in [0.4, 0.5) is 20.7 Å². The molecule has 6 nitrogen and oxygen atoms in total. The number of benzene rings is 1. The maximum Gasteiger partial charge on any atom is 0.325 e. The van der Waals surface area contributed by atoms with Gasteiger partial charge in [-0.05, 0) is 50.8 Å². The second-order valence-electron chi connectivity index (χ2n) is 5.99. The second kappa shape index (κ2) is 7.36. The highest BCUT2D eigenvalue weighted by molar-refractivity contribution is 7.19. The zero-order chi connectivity index (χ0) is 17.1. The highest BCUT2D eigenvalue weighted by atomic mass is 35.5. The number of aryl methyl sites for hydroxylation is 1. The summed E-state index contributed by atoms with van der Waals surface area (Å²) in [5.74, 6) is 0. The lowest BCUT2D eigenvalue weighted by molar-refractivity contribution is 0.262. The Kier molecular flexibility index (Phi) is 5.20. The highest BCUT2D eigenvalue weighted by Crippen LogP contribution is 2.30. The normalized spacial score (nSPS) is 17.6. The first kappa shape index (κ1) is 17.0. The third-order valence-electron chi connectivity index (χ3n) is 4.06. The molecule has 2 amide bonds. The van der Waals surface area contributed by atoms with E-state index in [1.165, 1.54) is 24.2 Å². The first-order valence-electron chi connectivity index (χ1n) is 7.97. The summed E-state index contributed by atoms with van der Waals surface area (Å²) >= 11 is 7.51. The van der Waals surface area contributed by atoms with Gasteiger partial charge >= 0.3 is 6.03 Å². The van der Waals surface area contributed by atoms with Gasteiger partial charge in [-0.25, -0.2) is 4.79 Å². The molecule has 1 aromatic heterocycles. The standard InChI is InChI=1S/C16H20ClN5OS/c1-10-6-7-13(12(17)9-10)18-14(23)19-15-20-21-16(24-15)22-8-4-3-5-11(22)2/h6-7,9,11H,3-5,8H2,1-2H3,(H2,18,19,20,23)/t11-/m1/s1. The molecule has 1 aliphatic rings. The number of nitrogens with one attached hydrogen (secondary N) is 2. The smallest absolute Gasteiger partial charge is 0.325 e. The predicted molar refractivity (Wildman–Crippen MR) is 99.4 cm³/mol. The first-order chi connectivity index (χ1) is 11.5. The molecule has 0 aliphatic carbocycles. The molecule has 2 heterocycles. The molecule has 8 heteroatoms. The van der Waals surface area contributed by atoms with Crippen LogP contribution < -0.4 is 15.5 Å². The molecule has 1 aromatic carbocycles. The molecule has 0 unspecified atom stereocenters. The van der Waals surface area contributed by atoms with Gasteiger partial charge in [0.25, 0.3) is 0 Å². The second-order valence-corrected chi connectivity index (χ2v) is 7.35. The van der Waals surface area contributed by atoms with E-state index in [9.17, 15) is 4.79 Å². The summed E-state index contributed by atoms with van der Waals surface area (Å²) in [4.78, 5) is 14.4. The van der Waals surface area contributed by atoms with Crippen LogP contribution in [-0.4, -0.2) is 28.8 Å². The lowest BCUT2D eigenvalue weighted by Crippen LogP contribution is -2.37. The summed E-state index contributed by atoms with van der Waals surface area (Å²) in [6, 6.07) is 5.55. The molecular formula is C16H20ClN5OS. The number of urea groups is 1. The molecule has 0 saturated carbocycles. The quantitative estimate of drug-likeness (QED) is 0.838. The van der Waals surface area contributed by atoms with Crippen molar-refractivity contribution in [2.24, 2.45) is 0 Å². The van der Waals surface area contributed by atoms with Crippen LogP contribution in [-0.2, 0) is 0 Å². The minimum Gasteiger partial charge on any atom is -0.344 e. The Morgan fingerprint density at radius 2 is 2.17 bits per heavy atom. The molecule has 24 heavy (non-hydrogen) atoms. The van der Waals surface area contributed by atoms with Crippen molar-refractivity contribution in [3.63, 3.8) is 0 Å². The van der Waals surface area contributed by atoms with E-state index in [4.69, 9.17) is 11.6 Å². The van der Waals surface area contributed by atoms with Gasteiger partial charge in [-0.1, -0.05) is 29.0 Å². The van der Waals surface area contributed by atoms with Crippen molar-refractivity contribution in [2.45, 2.75) is 39.2 Å². The van der Waals surface area contributed by atoms with E-state index in [0.717, 1.165) is 23.7 Å². The lowest BCUT2D eigenvalue weighted by Gasteiger charge is -2.32. The van der Waals surface area contributed by atoms with Gasteiger partial charge in [0.05, 0.1) is 10.7 Å². The summed E-state index contributed by atoms with van der Waals surface area (Å²) in [5.41, 5.74) is 1.60. The minimum absolute atomic E-state index is 0.379. The highest BCUT2D eigenvalue weighted by Gasteiger charge is 2.22. The topological polar surface area (TPSA) is 70.1 Å². The summed E-state index contributed by atoms with van der Waals surface area (Å²) in [5, 5.41) is 15.5. The van der Waals surface area contributed by atoms with Gasteiger partial charge in [-0.2, -0.15) is 0 Å². The van der Waals surface area contributed by atoms with Gasteiger partial charge in [0.1, 0.15) is 0 Å². The maximum atomic E-state index is 12.1. The van der Waals surface area contributed by atoms with Gasteiger partial charge in [-0.15, -0.1) is 10.2 Å². The van der Waals surface area contributed by atoms with E-state index >= 15 is 0 Å². The number of hydrogen-bond acceptors (Lipinski definition) is 5. The number of hydrogen-bond donors (Lipinski definition) is 2. The average Bonchev–Trinajstić information content (AvgIpc) is 2.99. The van der Waals surface area contributed by atoms with Crippen molar-refractivity contribution in [3.8, 4) is 0 Å². The third-order valence-corrected chi connectivity index (χ3v) is 5.24. The van der Waals surface area contributed by atoms with Crippen LogP contribution in [0.2, 0.25) is 5.02 Å². The van der Waals surface area contributed by atoms with E-state index in [-0.39, 0.29) is 6.03 Å². The number of anilines is 3. The van der Waals surface area contributed by atoms with E-state index in [0.29, 0.717) is 21.9 Å². The lowest BCUT2D eigenvalue weighted by atomic mass is 10.1. The van der Waals surface area contributed by atoms with Gasteiger partial charge in [0.15, 0.2) is 0 Å². The fraction of sp³-hybridized carbons (Fsp3) is 0.438. The van der Waals surface area contributed by atoms with Crippen LogP contribution in [0.1, 0.15) is 31.7 Å². The molecule has 1 fully saturated rings. The maximum absolute atomic E-state index is 12.1. The zero-order valence-electron chi connectivity index (χ0n) is 13.7. The fourth-order valence-corrected chi connectivity index (χ4v) is 3.89. The molecule has 128 valence electrons. The van der Waals surface area contributed by atoms with Crippen molar-refractivity contribution in [3.05, 3.63) is 28.8 Å². The minimum atomic E-state index is -0.379. The zero-order valence-corrected chi connectivity index (χ0v) is 15.2. The number of carbonyl (C=O) groups is 1. The first-order valence-corrected chi connectivity index (χ1v) is 9.16. The van der Waals surface area contributed by atoms with Crippen LogP contribution in [0.5, 0.6) is 0 Å². The average molecular weight is 366 g/mol. The number of halogens is 1. The van der Waals surface area contributed by atoms with Gasteiger partial charge in [0, 0.05) is 12.6 Å². The molecule has 0 spiro atoms. The van der Waals surface area contributed by atoms with Crippen molar-refractivity contribution < 1.29 is 4.79 Å². The monoisotopic (exact) mass is 365 g/mol. The van der Waals surface area contributed by atoms with Crippen molar-refractivity contribution in [1.82, 2.24) is 10.2 Å².